The minimum absolute atomic E-state index is 0.00806. The molecule has 0 N–H and O–H groups in total. The third-order valence-corrected chi connectivity index (χ3v) is 6.39. The molecule has 3 aliphatic rings. The molecule has 2 saturated heterocycles. The largest absolute Gasteiger partial charge is 0.458 e. The Hall–Kier alpha value is -1.10. The highest BCUT2D eigenvalue weighted by atomic mass is 16.6. The Balaban J connectivity index is 2.10. The van der Waals surface area contributed by atoms with Crippen LogP contribution in [0.4, 0.5) is 0 Å². The number of cyclic esters (lactones) is 1. The molecule has 0 amide bonds. The first-order chi connectivity index (χ1) is 10.5. The number of hydrogen-bond donors (Lipinski definition) is 0. The van der Waals surface area contributed by atoms with Gasteiger partial charge >= 0.3 is 11.9 Å². The number of hydrogen-bond acceptors (Lipinski definition) is 5. The second-order valence-corrected chi connectivity index (χ2v) is 8.82. The van der Waals surface area contributed by atoms with Crippen LogP contribution in [0.15, 0.2) is 0 Å². The molecule has 1 saturated carbocycles. The Labute approximate surface area is 138 Å². The highest BCUT2D eigenvalue weighted by Crippen LogP contribution is 2.61. The lowest BCUT2D eigenvalue weighted by Gasteiger charge is -2.61. The predicted molar refractivity (Wildman–Crippen MR) is 85.7 cm³/mol. The lowest BCUT2D eigenvalue weighted by atomic mass is 9.50. The quantitative estimate of drug-likeness (QED) is 0.589. The fourth-order valence-electron chi connectivity index (χ4n) is 5.33. The Kier molecular flexibility index (Phi) is 3.60. The fourth-order valence-corrected chi connectivity index (χ4v) is 5.33. The van der Waals surface area contributed by atoms with Crippen molar-refractivity contribution in [2.24, 2.45) is 23.2 Å². The monoisotopic (exact) mass is 323 g/mol. The molecule has 0 aromatic carbocycles. The Morgan fingerprint density at radius 2 is 1.74 bits per heavy atom. The summed E-state index contributed by atoms with van der Waals surface area (Å²) >= 11 is 0. The molecule has 0 spiro atoms. The summed E-state index contributed by atoms with van der Waals surface area (Å²) in [6.45, 7) is 8.62. The number of fused-ring (bicyclic) bond motifs is 1. The van der Waals surface area contributed by atoms with Crippen molar-refractivity contribution in [2.45, 2.75) is 58.2 Å². The predicted octanol–water partition coefficient (Wildman–Crippen LogP) is 2.24. The zero-order valence-corrected chi connectivity index (χ0v) is 15.1. The number of carbonyl (C=O) groups is 2. The molecule has 3 fully saturated rings. The SMILES string of the molecule is CC(CN(C)C)C12C(=O)OC3(C)CCC(C1C3)C(C)(C)OC2=O. The second kappa shape index (κ2) is 4.95. The van der Waals surface area contributed by atoms with Crippen molar-refractivity contribution in [3.05, 3.63) is 0 Å². The van der Waals surface area contributed by atoms with Crippen LogP contribution in [0.3, 0.4) is 0 Å². The van der Waals surface area contributed by atoms with Crippen molar-refractivity contribution in [1.82, 2.24) is 4.90 Å². The zero-order chi connectivity index (χ0) is 17.2. The van der Waals surface area contributed by atoms with Gasteiger partial charge in [0.2, 0.25) is 0 Å². The van der Waals surface area contributed by atoms with E-state index in [1.165, 1.54) is 0 Å². The summed E-state index contributed by atoms with van der Waals surface area (Å²) in [5, 5.41) is 0. The van der Waals surface area contributed by atoms with Crippen molar-refractivity contribution in [1.29, 1.82) is 0 Å². The van der Waals surface area contributed by atoms with Crippen molar-refractivity contribution in [2.75, 3.05) is 20.6 Å². The van der Waals surface area contributed by atoms with Crippen LogP contribution in [0.5, 0.6) is 0 Å². The molecule has 1 aliphatic carbocycles. The second-order valence-electron chi connectivity index (χ2n) is 8.82. The molecule has 130 valence electrons. The molecule has 5 unspecified atom stereocenters. The van der Waals surface area contributed by atoms with Gasteiger partial charge < -0.3 is 14.4 Å². The summed E-state index contributed by atoms with van der Waals surface area (Å²) in [4.78, 5) is 28.1. The summed E-state index contributed by atoms with van der Waals surface area (Å²) < 4.78 is 11.6. The first-order valence-electron chi connectivity index (χ1n) is 8.64. The molecule has 23 heavy (non-hydrogen) atoms. The maximum absolute atomic E-state index is 13.0. The van der Waals surface area contributed by atoms with Crippen LogP contribution < -0.4 is 0 Å². The lowest BCUT2D eigenvalue weighted by molar-refractivity contribution is -0.257. The molecule has 5 nitrogen and oxygen atoms in total. The van der Waals surface area contributed by atoms with Crippen molar-refractivity contribution < 1.29 is 19.1 Å². The molecular weight excluding hydrogens is 294 g/mol. The van der Waals surface area contributed by atoms with Crippen molar-refractivity contribution >= 4 is 11.9 Å². The third kappa shape index (κ3) is 2.23. The maximum atomic E-state index is 13.0. The Bertz CT molecular complexity index is 533. The molecule has 2 bridgehead atoms. The number of rotatable bonds is 3. The summed E-state index contributed by atoms with van der Waals surface area (Å²) in [5.41, 5.74) is -2.08. The van der Waals surface area contributed by atoms with Crippen LogP contribution >= 0.6 is 0 Å². The maximum Gasteiger partial charge on any atom is 0.324 e. The molecule has 5 atom stereocenters. The van der Waals surface area contributed by atoms with Crippen molar-refractivity contribution in [3.63, 3.8) is 0 Å². The van der Waals surface area contributed by atoms with Crippen LogP contribution in [0.1, 0.15) is 47.0 Å². The van der Waals surface area contributed by atoms with Gasteiger partial charge in [-0.15, -0.1) is 0 Å². The minimum Gasteiger partial charge on any atom is -0.458 e. The summed E-state index contributed by atoms with van der Waals surface area (Å²) in [6.07, 6.45) is 2.55. The summed E-state index contributed by atoms with van der Waals surface area (Å²) in [6, 6.07) is 0. The van der Waals surface area contributed by atoms with E-state index in [1.807, 2.05) is 46.7 Å². The van der Waals surface area contributed by atoms with Crippen LogP contribution in [0.25, 0.3) is 0 Å². The average molecular weight is 323 g/mol. The first kappa shape index (κ1) is 16.7. The Morgan fingerprint density at radius 3 is 2.35 bits per heavy atom. The molecule has 0 radical (unpaired) electrons. The minimum atomic E-state index is -1.15. The van der Waals surface area contributed by atoms with Gasteiger partial charge in [-0.25, -0.2) is 0 Å². The van der Waals surface area contributed by atoms with Gasteiger partial charge in [-0.05, 0) is 66.0 Å². The van der Waals surface area contributed by atoms with E-state index in [-0.39, 0.29) is 29.7 Å². The van der Waals surface area contributed by atoms with E-state index in [4.69, 9.17) is 9.47 Å². The summed E-state index contributed by atoms with van der Waals surface area (Å²) in [7, 11) is 3.92. The molecule has 3 rings (SSSR count). The Morgan fingerprint density at radius 1 is 1.13 bits per heavy atom. The molecule has 2 aliphatic heterocycles. The van der Waals surface area contributed by atoms with E-state index in [2.05, 4.69) is 0 Å². The van der Waals surface area contributed by atoms with E-state index in [9.17, 15) is 9.59 Å². The molecule has 2 heterocycles. The van der Waals surface area contributed by atoms with E-state index < -0.39 is 16.6 Å². The first-order valence-corrected chi connectivity index (χ1v) is 8.64. The van der Waals surface area contributed by atoms with E-state index >= 15 is 0 Å². The standard InChI is InChI=1S/C18H29NO4/c1-11(10-19(5)6)18-13-9-17(4,23-15(18)21)8-7-12(13)16(2,3)22-14(18)20/h11-13H,7-10H2,1-6H3. The van der Waals surface area contributed by atoms with Crippen LogP contribution in [-0.2, 0) is 19.1 Å². The van der Waals surface area contributed by atoms with Gasteiger partial charge in [0.15, 0.2) is 5.41 Å². The van der Waals surface area contributed by atoms with Crippen LogP contribution in [-0.4, -0.2) is 48.7 Å². The smallest absolute Gasteiger partial charge is 0.324 e. The molecule has 0 aromatic rings. The summed E-state index contributed by atoms with van der Waals surface area (Å²) in [5.74, 6) is -0.661. The highest BCUT2D eigenvalue weighted by molar-refractivity contribution is 6.02. The third-order valence-electron chi connectivity index (χ3n) is 6.39. The van der Waals surface area contributed by atoms with Crippen LogP contribution in [0, 0.1) is 23.2 Å². The highest BCUT2D eigenvalue weighted by Gasteiger charge is 2.71. The fraction of sp³-hybridized carbons (Fsp3) is 0.889. The van der Waals surface area contributed by atoms with Crippen molar-refractivity contribution in [3.8, 4) is 0 Å². The van der Waals surface area contributed by atoms with E-state index in [1.54, 1.807) is 0 Å². The van der Waals surface area contributed by atoms with E-state index in [0.717, 1.165) is 19.3 Å². The van der Waals surface area contributed by atoms with Gasteiger partial charge in [-0.3, -0.25) is 9.59 Å². The molecular formula is C18H29NO4. The topological polar surface area (TPSA) is 55.8 Å². The van der Waals surface area contributed by atoms with Gasteiger partial charge in [0.05, 0.1) is 0 Å². The van der Waals surface area contributed by atoms with Gasteiger partial charge in [0.25, 0.3) is 0 Å². The van der Waals surface area contributed by atoms with Gasteiger partial charge in [-0.1, -0.05) is 6.92 Å². The number of nitrogens with zero attached hydrogens (tertiary/aromatic N) is 1. The van der Waals surface area contributed by atoms with Crippen LogP contribution in [0.2, 0.25) is 0 Å². The molecule has 0 aromatic heterocycles. The average Bonchev–Trinajstić information content (AvgIpc) is 2.34. The number of esters is 2. The zero-order valence-electron chi connectivity index (χ0n) is 15.1. The normalized spacial score (nSPS) is 42.9. The lowest BCUT2D eigenvalue weighted by Crippen LogP contribution is -2.70. The number of ether oxygens (including phenoxy) is 2. The number of carbonyl (C=O) groups excluding carboxylic acids is 2. The molecule has 5 heteroatoms. The van der Waals surface area contributed by atoms with Gasteiger partial charge in [0.1, 0.15) is 11.2 Å². The van der Waals surface area contributed by atoms with E-state index in [0.29, 0.717) is 6.54 Å². The van der Waals surface area contributed by atoms with Gasteiger partial charge in [-0.2, -0.15) is 0 Å². The van der Waals surface area contributed by atoms with Gasteiger partial charge in [0, 0.05) is 12.5 Å².